The van der Waals surface area contributed by atoms with Crippen LogP contribution in [0.1, 0.15) is 23.0 Å². The number of nitrogens with one attached hydrogen (secondary N) is 1. The molecule has 3 rings (SSSR count). The third-order valence-corrected chi connectivity index (χ3v) is 4.77. The van der Waals surface area contributed by atoms with Crippen LogP contribution in [0.15, 0.2) is 48.8 Å². The van der Waals surface area contributed by atoms with Crippen molar-refractivity contribution in [2.24, 2.45) is 7.05 Å². The molecule has 0 fully saturated rings. The van der Waals surface area contributed by atoms with E-state index >= 15 is 0 Å². The van der Waals surface area contributed by atoms with Crippen LogP contribution in [-0.4, -0.2) is 21.6 Å². The largest absolute Gasteiger partial charge is 0.496 e. The zero-order valence-corrected chi connectivity index (χ0v) is 16.5. The van der Waals surface area contributed by atoms with Gasteiger partial charge >= 0.3 is 6.18 Å². The molecule has 0 saturated heterocycles. The van der Waals surface area contributed by atoms with E-state index in [1.54, 1.807) is 42.1 Å². The zero-order chi connectivity index (χ0) is 22.1. The number of hydrogen-bond donors (Lipinski definition) is 1. The summed E-state index contributed by atoms with van der Waals surface area (Å²) in [7, 11) is 3.19. The third kappa shape index (κ3) is 4.18. The van der Waals surface area contributed by atoms with Gasteiger partial charge in [0.15, 0.2) is 0 Å². The zero-order valence-electron chi connectivity index (χ0n) is 15.8. The molecule has 11 heteroatoms. The average molecular weight is 441 g/mol. The number of para-hydroxylation sites is 1. The maximum absolute atomic E-state index is 13.2. The predicted molar refractivity (Wildman–Crippen MR) is 105 cm³/mol. The molecule has 1 N–H and O–H groups in total. The van der Waals surface area contributed by atoms with Gasteiger partial charge in [0.05, 0.1) is 22.6 Å². The number of benzene rings is 2. The van der Waals surface area contributed by atoms with Crippen LogP contribution in [0.4, 0.5) is 24.5 Å². The van der Waals surface area contributed by atoms with Crippen molar-refractivity contribution >= 4 is 23.0 Å². The van der Waals surface area contributed by atoms with E-state index in [4.69, 9.17) is 16.3 Å². The van der Waals surface area contributed by atoms with E-state index in [0.29, 0.717) is 23.2 Å². The highest BCUT2D eigenvalue weighted by Crippen LogP contribution is 2.42. The summed E-state index contributed by atoms with van der Waals surface area (Å²) in [6, 6.07) is 7.45. The number of rotatable bonds is 6. The molecular weight excluding hydrogens is 425 g/mol. The van der Waals surface area contributed by atoms with Gasteiger partial charge in [0, 0.05) is 31.1 Å². The quantitative estimate of drug-likeness (QED) is 0.420. The number of hydrogen-bond acceptors (Lipinski definition) is 5. The molecule has 158 valence electrons. The summed E-state index contributed by atoms with van der Waals surface area (Å²) in [5.74, 6) is 0.934. The van der Waals surface area contributed by atoms with Gasteiger partial charge in [-0.25, -0.2) is 4.98 Å². The van der Waals surface area contributed by atoms with E-state index in [2.05, 4.69) is 10.3 Å². The fourth-order valence-corrected chi connectivity index (χ4v) is 3.31. The number of methoxy groups -OCH3 is 1. The smallest absolute Gasteiger partial charge is 0.418 e. The molecule has 0 saturated carbocycles. The van der Waals surface area contributed by atoms with Crippen molar-refractivity contribution in [3.8, 4) is 5.75 Å². The van der Waals surface area contributed by atoms with Crippen LogP contribution in [0.5, 0.6) is 5.75 Å². The minimum Gasteiger partial charge on any atom is -0.496 e. The standard InChI is InChI=1S/C19H16ClF3N4O3/c1-26-8-7-24-18(26)17(11-5-3-4-6-16(11)30-2)25-14-10-13(20)12(19(21,22)23)9-15(14)27(28)29/h3-10,17,25H,1-2H3/t17-/m0/s1. The van der Waals surface area contributed by atoms with Crippen LogP contribution in [0, 0.1) is 10.1 Å². The molecule has 30 heavy (non-hydrogen) atoms. The number of nitro benzene ring substituents is 1. The van der Waals surface area contributed by atoms with Gasteiger partial charge in [-0.15, -0.1) is 0 Å². The molecular formula is C19H16ClF3N4O3. The monoisotopic (exact) mass is 440 g/mol. The van der Waals surface area contributed by atoms with Gasteiger partial charge in [-0.1, -0.05) is 29.8 Å². The van der Waals surface area contributed by atoms with Crippen molar-refractivity contribution in [2.75, 3.05) is 12.4 Å². The van der Waals surface area contributed by atoms with Crippen LogP contribution < -0.4 is 10.1 Å². The Kier molecular flexibility index (Phi) is 5.88. The van der Waals surface area contributed by atoms with E-state index in [1.165, 1.54) is 13.3 Å². The number of aromatic nitrogens is 2. The highest BCUT2D eigenvalue weighted by atomic mass is 35.5. The molecule has 0 aliphatic carbocycles. The summed E-state index contributed by atoms with van der Waals surface area (Å²) in [6.07, 6.45) is -1.62. The maximum atomic E-state index is 13.2. The molecule has 0 spiro atoms. The molecule has 0 unspecified atom stereocenters. The van der Waals surface area contributed by atoms with Gasteiger partial charge in [0.2, 0.25) is 0 Å². The predicted octanol–water partition coefficient (Wildman–Crippen LogP) is 5.21. The minimum atomic E-state index is -4.83. The Balaban J connectivity index is 2.17. The first kappa shape index (κ1) is 21.4. The second-order valence-electron chi connectivity index (χ2n) is 6.32. The fraction of sp³-hybridized carbons (Fsp3) is 0.211. The molecule has 1 aromatic heterocycles. The summed E-state index contributed by atoms with van der Waals surface area (Å²) in [6.45, 7) is 0. The molecule has 0 radical (unpaired) electrons. The Hall–Kier alpha value is -3.27. The van der Waals surface area contributed by atoms with Gasteiger partial charge in [0.1, 0.15) is 23.3 Å². The van der Waals surface area contributed by atoms with Crippen molar-refractivity contribution in [1.29, 1.82) is 0 Å². The van der Waals surface area contributed by atoms with Gasteiger partial charge in [-0.05, 0) is 12.1 Å². The first-order chi connectivity index (χ1) is 14.1. The molecule has 0 bridgehead atoms. The van der Waals surface area contributed by atoms with Crippen LogP contribution in [0.2, 0.25) is 5.02 Å². The highest BCUT2D eigenvalue weighted by molar-refractivity contribution is 6.31. The molecule has 0 aliphatic rings. The number of imidazole rings is 1. The van der Waals surface area contributed by atoms with Gasteiger partial charge in [-0.2, -0.15) is 13.2 Å². The lowest BCUT2D eigenvalue weighted by Crippen LogP contribution is -2.19. The molecule has 1 atom stereocenters. The van der Waals surface area contributed by atoms with Gasteiger partial charge < -0.3 is 14.6 Å². The van der Waals surface area contributed by atoms with E-state index in [-0.39, 0.29) is 5.69 Å². The molecule has 2 aromatic carbocycles. The van der Waals surface area contributed by atoms with E-state index in [0.717, 1.165) is 6.07 Å². The number of ether oxygens (including phenoxy) is 1. The van der Waals surface area contributed by atoms with E-state index in [1.807, 2.05) is 0 Å². The Bertz CT molecular complexity index is 1090. The molecule has 0 amide bonds. The van der Waals surface area contributed by atoms with Crippen molar-refractivity contribution in [2.45, 2.75) is 12.2 Å². The SMILES string of the molecule is COc1ccccc1[C@H](Nc1cc(Cl)c(C(F)(F)F)cc1[N+](=O)[O-])c1nccn1C. The Morgan fingerprint density at radius 2 is 2.00 bits per heavy atom. The van der Waals surface area contributed by atoms with Gasteiger partial charge in [-0.3, -0.25) is 10.1 Å². The summed E-state index contributed by atoms with van der Waals surface area (Å²) in [5.41, 5.74) is -1.65. The number of alkyl halides is 3. The lowest BCUT2D eigenvalue weighted by atomic mass is 10.0. The summed E-state index contributed by atoms with van der Waals surface area (Å²) >= 11 is 5.81. The van der Waals surface area contributed by atoms with Crippen LogP contribution in [0.3, 0.4) is 0 Å². The van der Waals surface area contributed by atoms with Crippen molar-refractivity contribution < 1.29 is 22.8 Å². The minimum absolute atomic E-state index is 0.183. The second-order valence-corrected chi connectivity index (χ2v) is 6.73. The first-order valence-electron chi connectivity index (χ1n) is 8.55. The summed E-state index contributed by atoms with van der Waals surface area (Å²) in [4.78, 5) is 14.9. The normalized spacial score (nSPS) is 12.5. The van der Waals surface area contributed by atoms with Crippen LogP contribution >= 0.6 is 11.6 Å². The molecule has 3 aromatic rings. The third-order valence-electron chi connectivity index (χ3n) is 4.45. The molecule has 0 aliphatic heterocycles. The lowest BCUT2D eigenvalue weighted by molar-refractivity contribution is -0.384. The highest BCUT2D eigenvalue weighted by Gasteiger charge is 2.36. The Labute approximate surface area is 174 Å². The van der Waals surface area contributed by atoms with Gasteiger partial charge in [0.25, 0.3) is 5.69 Å². The molecule has 7 nitrogen and oxygen atoms in total. The number of nitro groups is 1. The topological polar surface area (TPSA) is 82.2 Å². The Morgan fingerprint density at radius 3 is 2.57 bits per heavy atom. The van der Waals surface area contributed by atoms with Crippen molar-refractivity contribution in [3.63, 3.8) is 0 Å². The second kappa shape index (κ2) is 8.23. The average Bonchev–Trinajstić information content (AvgIpc) is 3.10. The molecule has 1 heterocycles. The van der Waals surface area contributed by atoms with Crippen molar-refractivity contribution in [1.82, 2.24) is 9.55 Å². The summed E-state index contributed by atoms with van der Waals surface area (Å²) in [5, 5.41) is 13.8. The Morgan fingerprint density at radius 1 is 1.30 bits per heavy atom. The van der Waals surface area contributed by atoms with Crippen LogP contribution in [0.25, 0.3) is 0 Å². The summed E-state index contributed by atoms with van der Waals surface area (Å²) < 4.78 is 46.6. The number of anilines is 1. The van der Waals surface area contributed by atoms with E-state index in [9.17, 15) is 23.3 Å². The first-order valence-corrected chi connectivity index (χ1v) is 8.93. The maximum Gasteiger partial charge on any atom is 0.418 e. The fourth-order valence-electron chi connectivity index (χ4n) is 3.04. The number of aryl methyl sites for hydroxylation is 1. The lowest BCUT2D eigenvalue weighted by Gasteiger charge is -2.22. The number of halogens is 4. The van der Waals surface area contributed by atoms with Crippen molar-refractivity contribution in [3.05, 3.63) is 80.9 Å². The number of nitrogens with zero attached hydrogens (tertiary/aromatic N) is 3. The van der Waals surface area contributed by atoms with Crippen LogP contribution in [-0.2, 0) is 13.2 Å². The van der Waals surface area contributed by atoms with E-state index < -0.39 is 33.4 Å².